The molecule has 0 atom stereocenters. The lowest BCUT2D eigenvalue weighted by Gasteiger charge is -2.31. The van der Waals surface area contributed by atoms with Crippen molar-refractivity contribution in [1.82, 2.24) is 10.3 Å². The first-order valence-corrected chi connectivity index (χ1v) is 8.62. The summed E-state index contributed by atoms with van der Waals surface area (Å²) in [6.45, 7) is 0.361. The molecule has 23 heavy (non-hydrogen) atoms. The molecule has 0 radical (unpaired) electrons. The predicted molar refractivity (Wildman–Crippen MR) is 96.3 cm³/mol. The number of benzene rings is 1. The standard InChI is InChI=1S/C16H18ClN3OS.ClH/c17-12-5-3-11(4-6-12)16(7-1-2-8-16)20-15(21)13-10-22-14(9-18)19-13;/h3-6,10H,1-2,7-9,18H2,(H,20,21);1H. The van der Waals surface area contributed by atoms with Crippen LogP contribution in [0.2, 0.25) is 5.02 Å². The minimum Gasteiger partial charge on any atom is -0.341 e. The van der Waals surface area contributed by atoms with Crippen LogP contribution in [0.1, 0.15) is 46.7 Å². The quantitative estimate of drug-likeness (QED) is 0.856. The van der Waals surface area contributed by atoms with Gasteiger partial charge in [0.05, 0.1) is 5.54 Å². The van der Waals surface area contributed by atoms with Crippen molar-refractivity contribution in [2.75, 3.05) is 0 Å². The number of nitrogens with one attached hydrogen (secondary N) is 1. The summed E-state index contributed by atoms with van der Waals surface area (Å²) in [7, 11) is 0. The minimum absolute atomic E-state index is 0. The van der Waals surface area contributed by atoms with Gasteiger partial charge in [0.15, 0.2) is 0 Å². The topological polar surface area (TPSA) is 68.0 Å². The number of rotatable bonds is 4. The minimum atomic E-state index is -0.311. The van der Waals surface area contributed by atoms with Crippen molar-refractivity contribution in [2.24, 2.45) is 5.73 Å². The van der Waals surface area contributed by atoms with Crippen LogP contribution in [0.4, 0.5) is 0 Å². The molecule has 1 heterocycles. The first-order valence-electron chi connectivity index (χ1n) is 7.36. The Hall–Kier alpha value is -1.14. The number of amides is 1. The Balaban J connectivity index is 0.00000192. The molecule has 1 aromatic carbocycles. The molecule has 3 N–H and O–H groups in total. The summed E-state index contributed by atoms with van der Waals surface area (Å²) < 4.78 is 0. The van der Waals surface area contributed by atoms with Gasteiger partial charge in [-0.1, -0.05) is 36.6 Å². The Morgan fingerprint density at radius 3 is 2.52 bits per heavy atom. The summed E-state index contributed by atoms with van der Waals surface area (Å²) in [4.78, 5) is 16.8. The molecule has 0 spiro atoms. The number of nitrogens with zero attached hydrogens (tertiary/aromatic N) is 1. The number of hydrogen-bond acceptors (Lipinski definition) is 4. The second kappa shape index (κ2) is 7.62. The number of carbonyl (C=O) groups excluding carboxylic acids is 1. The van der Waals surface area contributed by atoms with E-state index in [1.165, 1.54) is 11.3 Å². The Morgan fingerprint density at radius 1 is 1.30 bits per heavy atom. The van der Waals surface area contributed by atoms with Crippen LogP contribution < -0.4 is 11.1 Å². The molecule has 1 fully saturated rings. The Kier molecular flexibility index (Phi) is 6.03. The highest BCUT2D eigenvalue weighted by Gasteiger charge is 2.37. The molecule has 124 valence electrons. The number of thiazole rings is 1. The predicted octanol–water partition coefficient (Wildman–Crippen LogP) is 3.88. The summed E-state index contributed by atoms with van der Waals surface area (Å²) in [5.74, 6) is -0.132. The molecule has 0 aliphatic heterocycles. The Labute approximate surface area is 150 Å². The fraction of sp³-hybridized carbons (Fsp3) is 0.375. The molecule has 0 unspecified atom stereocenters. The van der Waals surface area contributed by atoms with Gasteiger partial charge in [0, 0.05) is 16.9 Å². The van der Waals surface area contributed by atoms with E-state index in [1.807, 2.05) is 24.3 Å². The van der Waals surface area contributed by atoms with Gasteiger partial charge in [-0.15, -0.1) is 23.7 Å². The molecule has 1 aromatic heterocycles. The van der Waals surface area contributed by atoms with Gasteiger partial charge in [0.25, 0.3) is 5.91 Å². The second-order valence-corrected chi connectivity index (χ2v) is 6.96. The molecule has 1 amide bonds. The molecular weight excluding hydrogens is 353 g/mol. The maximum absolute atomic E-state index is 12.5. The molecular formula is C16H19Cl2N3OS. The van der Waals surface area contributed by atoms with E-state index in [4.69, 9.17) is 17.3 Å². The largest absolute Gasteiger partial charge is 0.341 e. The third kappa shape index (κ3) is 3.86. The van der Waals surface area contributed by atoms with Gasteiger partial charge in [-0.3, -0.25) is 4.79 Å². The molecule has 1 aliphatic rings. The molecule has 1 aliphatic carbocycles. The smallest absolute Gasteiger partial charge is 0.271 e. The zero-order chi connectivity index (χ0) is 15.6. The Morgan fingerprint density at radius 2 is 1.96 bits per heavy atom. The number of carbonyl (C=O) groups is 1. The molecule has 0 saturated heterocycles. The van der Waals surface area contributed by atoms with Crippen molar-refractivity contribution in [1.29, 1.82) is 0 Å². The average Bonchev–Trinajstić information content (AvgIpc) is 3.17. The van der Waals surface area contributed by atoms with Crippen LogP contribution >= 0.6 is 35.3 Å². The zero-order valence-corrected chi connectivity index (χ0v) is 14.9. The van der Waals surface area contributed by atoms with E-state index in [2.05, 4.69) is 10.3 Å². The fourth-order valence-electron chi connectivity index (χ4n) is 3.02. The number of aromatic nitrogens is 1. The third-order valence-electron chi connectivity index (χ3n) is 4.17. The summed E-state index contributed by atoms with van der Waals surface area (Å²) in [6.07, 6.45) is 4.09. The van der Waals surface area contributed by atoms with Crippen molar-refractivity contribution in [2.45, 2.75) is 37.8 Å². The van der Waals surface area contributed by atoms with E-state index in [0.29, 0.717) is 17.3 Å². The summed E-state index contributed by atoms with van der Waals surface area (Å²) in [5.41, 5.74) is 6.81. The van der Waals surface area contributed by atoms with E-state index in [0.717, 1.165) is 36.3 Å². The Bertz CT molecular complexity index is 666. The highest BCUT2D eigenvalue weighted by molar-refractivity contribution is 7.09. The SMILES string of the molecule is Cl.NCc1nc(C(=O)NC2(c3ccc(Cl)cc3)CCCC2)cs1. The van der Waals surface area contributed by atoms with E-state index >= 15 is 0 Å². The van der Waals surface area contributed by atoms with Crippen molar-refractivity contribution in [3.63, 3.8) is 0 Å². The van der Waals surface area contributed by atoms with Crippen molar-refractivity contribution < 1.29 is 4.79 Å². The molecule has 3 rings (SSSR count). The van der Waals surface area contributed by atoms with E-state index < -0.39 is 0 Å². The zero-order valence-electron chi connectivity index (χ0n) is 12.5. The van der Waals surface area contributed by atoms with Crippen molar-refractivity contribution >= 4 is 41.3 Å². The highest BCUT2D eigenvalue weighted by Crippen LogP contribution is 2.39. The summed E-state index contributed by atoms with van der Waals surface area (Å²) in [6, 6.07) is 7.75. The lowest BCUT2D eigenvalue weighted by atomic mass is 9.88. The van der Waals surface area contributed by atoms with Gasteiger partial charge >= 0.3 is 0 Å². The monoisotopic (exact) mass is 371 g/mol. The maximum atomic E-state index is 12.5. The van der Waals surface area contributed by atoms with E-state index in [9.17, 15) is 4.79 Å². The van der Waals surface area contributed by atoms with Crippen LogP contribution in [-0.4, -0.2) is 10.9 Å². The molecule has 7 heteroatoms. The van der Waals surface area contributed by atoms with E-state index in [-0.39, 0.29) is 23.9 Å². The van der Waals surface area contributed by atoms with Gasteiger partial charge in [-0.05, 0) is 30.5 Å². The van der Waals surface area contributed by atoms with Gasteiger partial charge in [-0.2, -0.15) is 0 Å². The summed E-state index contributed by atoms with van der Waals surface area (Å²) in [5, 5.41) is 6.45. The first kappa shape index (κ1) is 18.2. The first-order chi connectivity index (χ1) is 10.6. The van der Waals surface area contributed by atoms with Crippen LogP contribution in [0.15, 0.2) is 29.6 Å². The maximum Gasteiger partial charge on any atom is 0.271 e. The third-order valence-corrected chi connectivity index (χ3v) is 5.29. The second-order valence-electron chi connectivity index (χ2n) is 5.58. The van der Waals surface area contributed by atoms with Crippen LogP contribution in [0.3, 0.4) is 0 Å². The fourth-order valence-corrected chi connectivity index (χ4v) is 3.80. The molecule has 2 aromatic rings. The molecule has 1 saturated carbocycles. The van der Waals surface area contributed by atoms with Crippen LogP contribution in [-0.2, 0) is 12.1 Å². The number of nitrogens with two attached hydrogens (primary N) is 1. The summed E-state index contributed by atoms with van der Waals surface area (Å²) >= 11 is 7.39. The van der Waals surface area contributed by atoms with Crippen molar-refractivity contribution in [3.8, 4) is 0 Å². The van der Waals surface area contributed by atoms with Gasteiger partial charge in [-0.25, -0.2) is 4.98 Å². The van der Waals surface area contributed by atoms with Gasteiger partial charge in [0.1, 0.15) is 10.7 Å². The number of halogens is 2. The van der Waals surface area contributed by atoms with Gasteiger partial charge in [0.2, 0.25) is 0 Å². The normalized spacial score (nSPS) is 15.9. The molecule has 4 nitrogen and oxygen atoms in total. The molecule has 0 bridgehead atoms. The van der Waals surface area contributed by atoms with Crippen LogP contribution in [0.5, 0.6) is 0 Å². The van der Waals surface area contributed by atoms with Gasteiger partial charge < -0.3 is 11.1 Å². The van der Waals surface area contributed by atoms with Crippen LogP contribution in [0.25, 0.3) is 0 Å². The lowest BCUT2D eigenvalue weighted by Crippen LogP contribution is -2.43. The van der Waals surface area contributed by atoms with Crippen molar-refractivity contribution in [3.05, 3.63) is 50.9 Å². The number of hydrogen-bond donors (Lipinski definition) is 2. The van der Waals surface area contributed by atoms with Crippen LogP contribution in [0, 0.1) is 0 Å². The lowest BCUT2D eigenvalue weighted by molar-refractivity contribution is 0.0893. The average molecular weight is 372 g/mol. The highest BCUT2D eigenvalue weighted by atomic mass is 35.5. The van der Waals surface area contributed by atoms with E-state index in [1.54, 1.807) is 5.38 Å².